The third-order valence-electron chi connectivity index (χ3n) is 7.28. The van der Waals surface area contributed by atoms with Gasteiger partial charge >= 0.3 is 0 Å². The molecule has 1 N–H and O–H groups in total. The zero-order valence-electron chi connectivity index (χ0n) is 26.7. The first-order valence-corrected chi connectivity index (χ1v) is 16.3. The Labute approximate surface area is 270 Å². The largest absolute Gasteiger partial charge is 0.497 e. The Morgan fingerprint density at radius 1 is 0.848 bits per heavy atom. The van der Waals surface area contributed by atoms with Crippen molar-refractivity contribution < 1.29 is 27.1 Å². The van der Waals surface area contributed by atoms with E-state index in [1.807, 2.05) is 82.3 Å². The predicted octanol–water partition coefficient (Wildman–Crippen LogP) is 5.89. The van der Waals surface area contributed by atoms with E-state index in [2.05, 4.69) is 5.32 Å². The molecule has 0 fully saturated rings. The molecule has 46 heavy (non-hydrogen) atoms. The Bertz CT molecular complexity index is 1720. The molecule has 0 radical (unpaired) electrons. The second-order valence-electron chi connectivity index (χ2n) is 12.1. The summed E-state index contributed by atoms with van der Waals surface area (Å²) in [6.07, 6.45) is 0.197. The molecule has 4 aromatic rings. The van der Waals surface area contributed by atoms with E-state index in [0.29, 0.717) is 5.75 Å². The summed E-state index contributed by atoms with van der Waals surface area (Å²) in [7, 11) is -2.86. The van der Waals surface area contributed by atoms with Crippen LogP contribution in [0, 0.1) is 12.7 Å². The number of anilines is 1. The van der Waals surface area contributed by atoms with Gasteiger partial charge in [0.25, 0.3) is 10.0 Å². The molecule has 2 amide bonds. The topological polar surface area (TPSA) is 96.0 Å². The molecule has 4 rings (SSSR count). The van der Waals surface area contributed by atoms with Gasteiger partial charge in [0.15, 0.2) is 0 Å². The van der Waals surface area contributed by atoms with E-state index in [9.17, 15) is 22.4 Å². The maximum absolute atomic E-state index is 14.5. The summed E-state index contributed by atoms with van der Waals surface area (Å²) in [5.74, 6) is -1.07. The molecule has 0 bridgehead atoms. The van der Waals surface area contributed by atoms with Crippen molar-refractivity contribution in [2.75, 3.05) is 18.0 Å². The van der Waals surface area contributed by atoms with E-state index in [1.54, 1.807) is 0 Å². The van der Waals surface area contributed by atoms with Crippen LogP contribution in [0.3, 0.4) is 0 Å². The van der Waals surface area contributed by atoms with Crippen LogP contribution in [0.4, 0.5) is 10.1 Å². The molecule has 0 spiro atoms. The van der Waals surface area contributed by atoms with Crippen LogP contribution in [0.15, 0.2) is 108 Å². The van der Waals surface area contributed by atoms with Crippen molar-refractivity contribution in [1.29, 1.82) is 0 Å². The summed E-state index contributed by atoms with van der Waals surface area (Å²) in [5.41, 5.74) is 2.13. The molecule has 0 aromatic heterocycles. The van der Waals surface area contributed by atoms with E-state index in [4.69, 9.17) is 4.74 Å². The van der Waals surface area contributed by atoms with Gasteiger partial charge in [0.2, 0.25) is 11.8 Å². The molecule has 10 heteroatoms. The van der Waals surface area contributed by atoms with Gasteiger partial charge in [0.1, 0.15) is 24.2 Å². The number of ether oxygens (including phenoxy) is 1. The molecule has 242 valence electrons. The van der Waals surface area contributed by atoms with E-state index >= 15 is 0 Å². The van der Waals surface area contributed by atoms with Crippen LogP contribution in [0.5, 0.6) is 5.75 Å². The number of hydrogen-bond donors (Lipinski definition) is 1. The van der Waals surface area contributed by atoms with Crippen molar-refractivity contribution in [3.05, 3.63) is 126 Å². The second kappa shape index (κ2) is 14.6. The van der Waals surface area contributed by atoms with Crippen LogP contribution in [0.1, 0.15) is 37.5 Å². The summed E-state index contributed by atoms with van der Waals surface area (Å²) in [4.78, 5) is 29.8. The average molecular weight is 646 g/mol. The third-order valence-corrected chi connectivity index (χ3v) is 9.07. The minimum atomic E-state index is -4.33. The van der Waals surface area contributed by atoms with Gasteiger partial charge < -0.3 is 15.0 Å². The third kappa shape index (κ3) is 8.94. The lowest BCUT2D eigenvalue weighted by Gasteiger charge is -2.35. The number of sulfonamides is 1. The van der Waals surface area contributed by atoms with Gasteiger partial charge in [0, 0.05) is 18.5 Å². The molecular formula is C36H40FN3O5S. The number of benzene rings is 4. The van der Waals surface area contributed by atoms with E-state index in [0.717, 1.165) is 33.1 Å². The fourth-order valence-electron chi connectivity index (χ4n) is 4.91. The van der Waals surface area contributed by atoms with Crippen LogP contribution in [-0.4, -0.2) is 50.4 Å². The van der Waals surface area contributed by atoms with Gasteiger partial charge in [-0.25, -0.2) is 12.8 Å². The van der Waals surface area contributed by atoms with E-state index in [1.165, 1.54) is 48.4 Å². The highest BCUT2D eigenvalue weighted by Gasteiger charge is 2.35. The first-order valence-electron chi connectivity index (χ1n) is 14.9. The fourth-order valence-corrected chi connectivity index (χ4v) is 6.32. The number of nitrogens with zero attached hydrogens (tertiary/aromatic N) is 2. The SMILES string of the molecule is COc1ccc(S(=O)(=O)N(CC(=O)N(Cc2ccc(C)cc2)C(Cc2ccccc2)C(=O)NC(C)(C)C)c2ccc(F)cc2)cc1. The molecule has 1 unspecified atom stereocenters. The minimum Gasteiger partial charge on any atom is -0.497 e. The quantitative estimate of drug-likeness (QED) is 0.207. The number of carbonyl (C=O) groups is 2. The highest BCUT2D eigenvalue weighted by atomic mass is 32.2. The lowest BCUT2D eigenvalue weighted by Crippen LogP contribution is -2.56. The predicted molar refractivity (Wildman–Crippen MR) is 177 cm³/mol. The number of nitrogens with one attached hydrogen (secondary N) is 1. The standard InChI is InChI=1S/C36H40FN3O5S/c1-26-11-13-28(14-12-26)24-39(33(35(42)38-36(2,3)4)23-27-9-7-6-8-10-27)34(41)25-40(30-17-15-29(37)16-18-30)46(43,44)32-21-19-31(45-5)20-22-32/h6-22,33H,23-25H2,1-5H3,(H,38,42). The highest BCUT2D eigenvalue weighted by molar-refractivity contribution is 7.92. The molecule has 0 aliphatic heterocycles. The Balaban J connectivity index is 1.81. The van der Waals surface area contributed by atoms with Crippen molar-refractivity contribution in [3.63, 3.8) is 0 Å². The summed E-state index contributed by atoms with van der Waals surface area (Å²) in [6, 6.07) is 26.6. The maximum atomic E-state index is 14.5. The van der Waals surface area contributed by atoms with Crippen LogP contribution < -0.4 is 14.4 Å². The van der Waals surface area contributed by atoms with Gasteiger partial charge in [-0.15, -0.1) is 0 Å². The van der Waals surface area contributed by atoms with E-state index in [-0.39, 0.29) is 29.5 Å². The molecule has 0 saturated carbocycles. The first kappa shape index (κ1) is 34.2. The first-order chi connectivity index (χ1) is 21.8. The summed E-state index contributed by atoms with van der Waals surface area (Å²) >= 11 is 0. The van der Waals surface area contributed by atoms with Gasteiger partial charge in [-0.3, -0.25) is 13.9 Å². The number of amides is 2. The van der Waals surface area contributed by atoms with Crippen LogP contribution in [0.25, 0.3) is 0 Å². The number of rotatable bonds is 12. The Kier molecular flexibility index (Phi) is 10.8. The van der Waals surface area contributed by atoms with Gasteiger partial charge in [-0.2, -0.15) is 0 Å². The van der Waals surface area contributed by atoms with Gasteiger partial charge in [-0.05, 0) is 87.4 Å². The van der Waals surface area contributed by atoms with Crippen LogP contribution >= 0.6 is 0 Å². The monoisotopic (exact) mass is 645 g/mol. The summed E-state index contributed by atoms with van der Waals surface area (Å²) in [6.45, 7) is 6.93. The van der Waals surface area contributed by atoms with Crippen molar-refractivity contribution in [3.8, 4) is 5.75 Å². The highest BCUT2D eigenvalue weighted by Crippen LogP contribution is 2.27. The summed E-state index contributed by atoms with van der Waals surface area (Å²) in [5, 5.41) is 3.01. The molecule has 1 atom stereocenters. The smallest absolute Gasteiger partial charge is 0.264 e. The van der Waals surface area contributed by atoms with Crippen molar-refractivity contribution in [1.82, 2.24) is 10.2 Å². The number of methoxy groups -OCH3 is 1. The molecular weight excluding hydrogens is 605 g/mol. The molecule has 0 aliphatic carbocycles. The maximum Gasteiger partial charge on any atom is 0.264 e. The van der Waals surface area contributed by atoms with Crippen molar-refractivity contribution in [2.24, 2.45) is 0 Å². The number of aryl methyl sites for hydroxylation is 1. The number of carbonyl (C=O) groups excluding carboxylic acids is 2. The second-order valence-corrected chi connectivity index (χ2v) is 14.0. The molecule has 0 heterocycles. The number of halogens is 1. The Morgan fingerprint density at radius 2 is 1.46 bits per heavy atom. The van der Waals surface area contributed by atoms with Crippen LogP contribution in [0.2, 0.25) is 0 Å². The Hall–Kier alpha value is -4.70. The fraction of sp³-hybridized carbons (Fsp3) is 0.278. The lowest BCUT2D eigenvalue weighted by molar-refractivity contribution is -0.140. The lowest BCUT2D eigenvalue weighted by atomic mass is 10.0. The Morgan fingerprint density at radius 3 is 2.02 bits per heavy atom. The van der Waals surface area contributed by atoms with Crippen LogP contribution in [-0.2, 0) is 32.6 Å². The minimum absolute atomic E-state index is 0.0496. The summed E-state index contributed by atoms with van der Waals surface area (Å²) < 4.78 is 48.3. The molecule has 8 nitrogen and oxygen atoms in total. The van der Waals surface area contributed by atoms with Crippen molar-refractivity contribution >= 4 is 27.5 Å². The average Bonchev–Trinajstić information content (AvgIpc) is 3.02. The van der Waals surface area contributed by atoms with Gasteiger partial charge in [0.05, 0.1) is 17.7 Å². The molecule has 4 aromatic carbocycles. The zero-order valence-corrected chi connectivity index (χ0v) is 27.6. The molecule has 0 aliphatic rings. The zero-order chi connectivity index (χ0) is 33.5. The molecule has 0 saturated heterocycles. The van der Waals surface area contributed by atoms with Crippen molar-refractivity contribution in [2.45, 2.75) is 57.1 Å². The van der Waals surface area contributed by atoms with E-state index < -0.39 is 39.9 Å². The normalized spacial score (nSPS) is 12.2. The number of hydrogen-bond acceptors (Lipinski definition) is 5. The van der Waals surface area contributed by atoms with Gasteiger partial charge in [-0.1, -0.05) is 60.2 Å².